The second-order valence-electron chi connectivity index (χ2n) is 7.80. The van der Waals surface area contributed by atoms with Gasteiger partial charge in [-0.3, -0.25) is 9.59 Å². The summed E-state index contributed by atoms with van der Waals surface area (Å²) in [5, 5.41) is 5.44. The zero-order valence-corrected chi connectivity index (χ0v) is 19.8. The summed E-state index contributed by atoms with van der Waals surface area (Å²) in [6.45, 7) is 0. The number of pyridine rings is 1. The molecular weight excluding hydrogens is 486 g/mol. The average Bonchev–Trinajstić information content (AvgIpc) is 2.86. The normalized spacial score (nSPS) is 10.6. The first-order valence-corrected chi connectivity index (χ1v) is 10.9. The maximum absolute atomic E-state index is 14.9. The minimum atomic E-state index is -0.766. The summed E-state index contributed by atoms with van der Waals surface area (Å²) in [6, 6.07) is 13.6. The summed E-state index contributed by atoms with van der Waals surface area (Å²) in [6.07, 6.45) is -0.523. The molecule has 0 radical (unpaired) electrons. The lowest BCUT2D eigenvalue weighted by atomic mass is 10.1. The fourth-order valence-corrected chi connectivity index (χ4v) is 3.50. The van der Waals surface area contributed by atoms with E-state index < -0.39 is 29.9 Å². The van der Waals surface area contributed by atoms with Crippen LogP contribution in [0.4, 0.5) is 26.0 Å². The molecule has 37 heavy (non-hydrogen) atoms. The summed E-state index contributed by atoms with van der Waals surface area (Å²) < 4.78 is 44.2. The number of nitrogen functional groups attached to an aromatic ring is 1. The molecule has 11 heteroatoms. The van der Waals surface area contributed by atoms with Gasteiger partial charge >= 0.3 is 0 Å². The highest BCUT2D eigenvalue weighted by molar-refractivity contribution is 6.08. The molecule has 2 amide bonds. The van der Waals surface area contributed by atoms with Gasteiger partial charge in [-0.05, 0) is 42.5 Å². The first-order chi connectivity index (χ1) is 17.7. The lowest BCUT2D eigenvalue weighted by Crippen LogP contribution is -2.21. The van der Waals surface area contributed by atoms with E-state index in [1.165, 1.54) is 56.7 Å². The fourth-order valence-electron chi connectivity index (χ4n) is 3.50. The first-order valence-electron chi connectivity index (χ1n) is 10.9. The number of nitrogens with one attached hydrogen (secondary N) is 2. The van der Waals surface area contributed by atoms with Crippen molar-refractivity contribution in [1.82, 2.24) is 4.98 Å². The number of carbonyl (C=O) groups excluding carboxylic acids is 2. The number of amides is 2. The quantitative estimate of drug-likeness (QED) is 0.290. The molecule has 4 N–H and O–H groups in total. The second-order valence-corrected chi connectivity index (χ2v) is 7.80. The second kappa shape index (κ2) is 10.8. The van der Waals surface area contributed by atoms with Crippen LogP contribution in [0.25, 0.3) is 10.9 Å². The Hall–Kier alpha value is -4.93. The molecule has 0 aliphatic heterocycles. The molecule has 1 heterocycles. The van der Waals surface area contributed by atoms with Gasteiger partial charge in [0.05, 0.1) is 19.7 Å². The Morgan fingerprint density at radius 2 is 1.43 bits per heavy atom. The lowest BCUT2D eigenvalue weighted by molar-refractivity contribution is -0.123. The summed E-state index contributed by atoms with van der Waals surface area (Å²) >= 11 is 0. The third-order valence-electron chi connectivity index (χ3n) is 5.18. The Bertz CT molecular complexity index is 1480. The van der Waals surface area contributed by atoms with Crippen LogP contribution in [0.15, 0.2) is 60.7 Å². The standard InChI is InChI=1S/C26H22F2N4O5/c1-35-22-10-17-19(11-23(22)36-2)32-24(29)12-21(17)37-20-8-7-16(9-18(20)28)31-26(34)13-25(33)30-15-5-3-14(27)4-6-15/h3-12H,13H2,1-2H3,(H2,29,32)(H,30,33)(H,31,34). The highest BCUT2D eigenvalue weighted by Gasteiger charge is 2.16. The number of nitrogens with two attached hydrogens (primary N) is 1. The van der Waals surface area contributed by atoms with E-state index in [-0.39, 0.29) is 23.0 Å². The highest BCUT2D eigenvalue weighted by atomic mass is 19.1. The van der Waals surface area contributed by atoms with Gasteiger partial charge in [-0.1, -0.05) is 0 Å². The molecule has 9 nitrogen and oxygen atoms in total. The third kappa shape index (κ3) is 6.01. The van der Waals surface area contributed by atoms with Crippen molar-refractivity contribution >= 4 is 39.9 Å². The molecule has 0 fully saturated rings. The van der Waals surface area contributed by atoms with Crippen LogP contribution in [0.1, 0.15) is 6.42 Å². The highest BCUT2D eigenvalue weighted by Crippen LogP contribution is 2.38. The summed E-state index contributed by atoms with van der Waals surface area (Å²) in [4.78, 5) is 28.5. The Labute approximate surface area is 210 Å². The largest absolute Gasteiger partial charge is 0.493 e. The smallest absolute Gasteiger partial charge is 0.233 e. The number of ether oxygens (including phenoxy) is 3. The van der Waals surface area contributed by atoms with Crippen LogP contribution in [-0.2, 0) is 9.59 Å². The van der Waals surface area contributed by atoms with Crippen molar-refractivity contribution in [2.75, 3.05) is 30.6 Å². The molecule has 4 rings (SSSR count). The van der Waals surface area contributed by atoms with E-state index in [1.807, 2.05) is 0 Å². The number of aromatic nitrogens is 1. The van der Waals surface area contributed by atoms with Crippen molar-refractivity contribution in [2.45, 2.75) is 6.42 Å². The van der Waals surface area contributed by atoms with Gasteiger partial charge < -0.3 is 30.6 Å². The summed E-state index contributed by atoms with van der Waals surface area (Å²) in [5.74, 6) is -1.38. The molecule has 0 saturated heterocycles. The minimum Gasteiger partial charge on any atom is -0.493 e. The summed E-state index contributed by atoms with van der Waals surface area (Å²) in [5.41, 5.74) is 6.81. The van der Waals surface area contributed by atoms with E-state index in [0.29, 0.717) is 28.1 Å². The number of hydrogen-bond acceptors (Lipinski definition) is 7. The fraction of sp³-hybridized carbons (Fsp3) is 0.115. The number of methoxy groups -OCH3 is 2. The Balaban J connectivity index is 1.47. The van der Waals surface area contributed by atoms with Crippen molar-refractivity contribution in [1.29, 1.82) is 0 Å². The van der Waals surface area contributed by atoms with Crippen LogP contribution < -0.4 is 30.6 Å². The predicted octanol–water partition coefficient (Wildman–Crippen LogP) is 4.87. The van der Waals surface area contributed by atoms with Crippen LogP contribution in [-0.4, -0.2) is 31.0 Å². The van der Waals surface area contributed by atoms with Gasteiger partial charge in [0, 0.05) is 35.0 Å². The number of benzene rings is 3. The first kappa shape index (κ1) is 25.2. The van der Waals surface area contributed by atoms with Gasteiger partial charge in [-0.25, -0.2) is 13.8 Å². The molecular formula is C26H22F2N4O5. The number of fused-ring (bicyclic) bond motifs is 1. The van der Waals surface area contributed by atoms with E-state index in [0.717, 1.165) is 6.07 Å². The maximum atomic E-state index is 14.9. The Morgan fingerprint density at radius 1 is 0.811 bits per heavy atom. The topological polar surface area (TPSA) is 125 Å². The molecule has 0 aliphatic rings. The number of nitrogens with zero attached hydrogens (tertiary/aromatic N) is 1. The van der Waals surface area contributed by atoms with Crippen molar-refractivity contribution < 1.29 is 32.6 Å². The van der Waals surface area contributed by atoms with Crippen LogP contribution in [0.3, 0.4) is 0 Å². The molecule has 1 aromatic heterocycles. The maximum Gasteiger partial charge on any atom is 0.233 e. The van der Waals surface area contributed by atoms with E-state index in [9.17, 15) is 18.4 Å². The molecule has 4 aromatic rings. The summed E-state index contributed by atoms with van der Waals surface area (Å²) in [7, 11) is 2.97. The van der Waals surface area contributed by atoms with Crippen molar-refractivity contribution in [2.24, 2.45) is 0 Å². The molecule has 0 saturated carbocycles. The van der Waals surface area contributed by atoms with Crippen molar-refractivity contribution in [3.63, 3.8) is 0 Å². The molecule has 0 aliphatic carbocycles. The van der Waals surface area contributed by atoms with Crippen LogP contribution in [0.5, 0.6) is 23.0 Å². The van der Waals surface area contributed by atoms with Gasteiger partial charge in [0.2, 0.25) is 11.8 Å². The SMILES string of the molecule is COc1cc2nc(N)cc(Oc3ccc(NC(=O)CC(=O)Nc4ccc(F)cc4)cc3F)c2cc1OC. The third-order valence-corrected chi connectivity index (χ3v) is 5.18. The molecule has 0 spiro atoms. The van der Waals surface area contributed by atoms with Crippen LogP contribution in [0, 0.1) is 11.6 Å². The van der Waals surface area contributed by atoms with Crippen molar-refractivity contribution in [3.05, 3.63) is 72.3 Å². The van der Waals surface area contributed by atoms with Gasteiger partial charge in [0.25, 0.3) is 0 Å². The van der Waals surface area contributed by atoms with Crippen LogP contribution in [0.2, 0.25) is 0 Å². The number of carbonyl (C=O) groups is 2. The van der Waals surface area contributed by atoms with Gasteiger partial charge in [0.15, 0.2) is 23.1 Å². The van der Waals surface area contributed by atoms with Crippen LogP contribution >= 0.6 is 0 Å². The number of anilines is 3. The van der Waals surface area contributed by atoms with E-state index in [2.05, 4.69) is 15.6 Å². The van der Waals surface area contributed by atoms with E-state index in [4.69, 9.17) is 19.9 Å². The van der Waals surface area contributed by atoms with Gasteiger partial charge in [-0.2, -0.15) is 0 Å². The average molecular weight is 508 g/mol. The lowest BCUT2D eigenvalue weighted by Gasteiger charge is -2.14. The van der Waals surface area contributed by atoms with Gasteiger partial charge in [0.1, 0.15) is 23.8 Å². The zero-order chi connectivity index (χ0) is 26.5. The zero-order valence-electron chi connectivity index (χ0n) is 19.8. The molecule has 3 aromatic carbocycles. The van der Waals surface area contributed by atoms with E-state index in [1.54, 1.807) is 12.1 Å². The predicted molar refractivity (Wildman–Crippen MR) is 134 cm³/mol. The number of hydrogen-bond donors (Lipinski definition) is 3. The monoisotopic (exact) mass is 508 g/mol. The molecule has 0 atom stereocenters. The molecule has 190 valence electrons. The van der Waals surface area contributed by atoms with Gasteiger partial charge in [-0.15, -0.1) is 0 Å². The Kier molecular flexibility index (Phi) is 7.33. The van der Waals surface area contributed by atoms with E-state index >= 15 is 0 Å². The molecule has 0 unspecified atom stereocenters. The Morgan fingerprint density at radius 3 is 2.08 bits per heavy atom. The number of rotatable bonds is 8. The number of halogens is 2. The molecule has 0 bridgehead atoms. The minimum absolute atomic E-state index is 0.120. The van der Waals surface area contributed by atoms with Crippen molar-refractivity contribution in [3.8, 4) is 23.0 Å².